The van der Waals surface area contributed by atoms with E-state index >= 15 is 0 Å². The molecule has 0 bridgehead atoms. The van der Waals surface area contributed by atoms with Gasteiger partial charge in [0.2, 0.25) is 0 Å². The Hall–Kier alpha value is -7.90. The van der Waals surface area contributed by atoms with Gasteiger partial charge in [0.25, 0.3) is 0 Å². The topological polar surface area (TPSA) is 130 Å². The molecule has 9 nitrogen and oxygen atoms in total. The molecule has 0 atom stereocenters. The fourth-order valence-electron chi connectivity index (χ4n) is 8.92. The van der Waals surface area contributed by atoms with Gasteiger partial charge in [-0.2, -0.15) is 0 Å². The van der Waals surface area contributed by atoms with Crippen LogP contribution >= 0.6 is 34.0 Å². The smallest absolute Gasteiger partial charge is 0.367 e. The van der Waals surface area contributed by atoms with Gasteiger partial charge in [0.05, 0.1) is 30.3 Å². The van der Waals surface area contributed by atoms with Gasteiger partial charge in [-0.3, -0.25) is 19.2 Å². The maximum Gasteiger partial charge on any atom is 0.367 e. The van der Waals surface area contributed by atoms with Gasteiger partial charge in [-0.1, -0.05) is 109 Å². The fourth-order valence-corrected chi connectivity index (χ4v) is 12.7. The van der Waals surface area contributed by atoms with Gasteiger partial charge in [-0.05, 0) is 81.2 Å². The molecular weight excluding hydrogens is 901 g/mol. The van der Waals surface area contributed by atoms with Crippen molar-refractivity contribution in [2.45, 2.75) is 18.8 Å². The molecule has 0 N–H and O–H groups in total. The number of ether oxygens (including phenoxy) is 3. The summed E-state index contributed by atoms with van der Waals surface area (Å²) in [7, 11) is 0. The Morgan fingerprint density at radius 1 is 0.493 bits per heavy atom. The number of thiophene rings is 3. The van der Waals surface area contributed by atoms with Gasteiger partial charge in [0, 0.05) is 37.6 Å². The first kappa shape index (κ1) is 40.6. The molecule has 9 aromatic rings. The molecule has 4 heterocycles. The third-order valence-corrected chi connectivity index (χ3v) is 15.8. The minimum Gasteiger partial charge on any atom is -0.457 e. The Bertz CT molecular complexity index is 3570. The first-order valence-electron chi connectivity index (χ1n) is 21.1. The normalized spacial score (nSPS) is 14.5. The monoisotopic (exact) mass is 930 g/mol. The van der Waals surface area contributed by atoms with E-state index in [0.29, 0.717) is 62.3 Å². The van der Waals surface area contributed by atoms with E-state index in [9.17, 15) is 28.8 Å². The summed E-state index contributed by atoms with van der Waals surface area (Å²) in [6.45, 7) is -0.378. The lowest BCUT2D eigenvalue weighted by molar-refractivity contribution is -0.183. The number of hydrogen-bond donors (Lipinski definition) is 0. The molecule has 12 heteroatoms. The lowest BCUT2D eigenvalue weighted by Crippen LogP contribution is -2.52. The zero-order chi connectivity index (χ0) is 45.6. The van der Waals surface area contributed by atoms with Gasteiger partial charge in [0.1, 0.15) is 13.2 Å². The molecule has 0 spiro atoms. The van der Waals surface area contributed by atoms with E-state index in [1.54, 1.807) is 84.9 Å². The second-order valence-electron chi connectivity index (χ2n) is 16.3. The summed E-state index contributed by atoms with van der Waals surface area (Å²) in [4.78, 5) is 87.5. The molecule has 3 aliphatic rings. The maximum atomic E-state index is 15.0. The highest BCUT2D eigenvalue weighted by atomic mass is 32.1. The molecule has 0 amide bonds. The standard InChI is InChI=1S/C55H30O9S3/c56-45-37-19-31-15-7-8-16-32(31)20-38(37)46(57)41(45)23-35-25-43-50(65-35)52-49(64-55(43,53(60)62-27-29-11-3-1-4-12-29)54(61)63-28-30-13-5-2-6-14-30)51-44(67-52)26-36(66-51)24-42-47(58)39-21-33-17-9-10-18-34(33)22-40(39)48(42)59/h1-26H,27-28H2. The number of rotatable bonds is 8. The number of ketones is 4. The second kappa shape index (κ2) is 15.6. The van der Waals surface area contributed by atoms with Crippen LogP contribution < -0.4 is 4.74 Å². The van der Waals surface area contributed by atoms with Gasteiger partial charge >= 0.3 is 17.5 Å². The van der Waals surface area contributed by atoms with Crippen LogP contribution in [-0.4, -0.2) is 35.1 Å². The van der Waals surface area contributed by atoms with E-state index < -0.39 is 29.1 Å². The minimum absolute atomic E-state index is 0.0294. The minimum atomic E-state index is -2.51. The molecule has 0 unspecified atom stereocenters. The maximum absolute atomic E-state index is 15.0. The van der Waals surface area contributed by atoms with E-state index in [4.69, 9.17) is 14.2 Å². The SMILES string of the molecule is O=C1C(=Cc2cc3c(s2)-c2sc4cc(C=C5C(=O)c6cc7ccccc7cc6C5=O)sc4c2OC3(C(=O)OCc2ccccc2)C(=O)OCc2ccccc2)C(=O)c2cc3ccccc3cc21. The molecule has 3 aromatic heterocycles. The summed E-state index contributed by atoms with van der Waals surface area (Å²) in [5.41, 5.74) is 0.224. The van der Waals surface area contributed by atoms with E-state index in [2.05, 4.69) is 0 Å². The Balaban J connectivity index is 0.992. The molecule has 6 aromatic carbocycles. The van der Waals surface area contributed by atoms with Crippen molar-refractivity contribution in [3.8, 4) is 15.5 Å². The van der Waals surface area contributed by atoms with Crippen LogP contribution in [0.2, 0.25) is 0 Å². The molecule has 0 saturated heterocycles. The third-order valence-electron chi connectivity index (χ3n) is 12.2. The first-order chi connectivity index (χ1) is 32.6. The number of carbonyl (C=O) groups excluding carboxylic acids is 6. The van der Waals surface area contributed by atoms with E-state index in [1.807, 2.05) is 66.7 Å². The number of benzene rings is 6. The number of Topliss-reactive ketones (excluding diaryl/α,β-unsaturated/α-hetero) is 4. The molecule has 67 heavy (non-hydrogen) atoms. The third kappa shape index (κ3) is 6.55. The van der Waals surface area contributed by atoms with Gasteiger partial charge in [-0.25, -0.2) is 9.59 Å². The quantitative estimate of drug-likeness (QED) is 0.0632. The Morgan fingerprint density at radius 3 is 1.36 bits per heavy atom. The molecule has 322 valence electrons. The Kier molecular flexibility index (Phi) is 9.47. The molecular formula is C55H30O9S3. The van der Waals surface area contributed by atoms with Crippen LogP contribution in [0.3, 0.4) is 0 Å². The van der Waals surface area contributed by atoms with Crippen molar-refractivity contribution in [2.24, 2.45) is 0 Å². The molecule has 2 aliphatic carbocycles. The summed E-state index contributed by atoms with van der Waals surface area (Å²) in [6.07, 6.45) is 3.08. The van der Waals surface area contributed by atoms with E-state index in [0.717, 1.165) is 21.5 Å². The second-order valence-corrected chi connectivity index (χ2v) is 19.5. The zero-order valence-electron chi connectivity index (χ0n) is 34.8. The summed E-state index contributed by atoms with van der Waals surface area (Å²) in [5.74, 6) is -3.46. The summed E-state index contributed by atoms with van der Waals surface area (Å²) >= 11 is 3.78. The van der Waals surface area contributed by atoms with Crippen molar-refractivity contribution < 1.29 is 43.0 Å². The highest BCUT2D eigenvalue weighted by Gasteiger charge is 2.59. The average Bonchev–Trinajstić information content (AvgIpc) is 4.15. The Labute approximate surface area is 392 Å². The lowest BCUT2D eigenvalue weighted by Gasteiger charge is -2.33. The van der Waals surface area contributed by atoms with E-state index in [-0.39, 0.29) is 47.2 Å². The van der Waals surface area contributed by atoms with Gasteiger partial charge < -0.3 is 14.2 Å². The van der Waals surface area contributed by atoms with Crippen molar-refractivity contribution >= 4 is 112 Å². The largest absolute Gasteiger partial charge is 0.457 e. The predicted octanol–water partition coefficient (Wildman–Crippen LogP) is 12.0. The number of esters is 2. The molecule has 0 saturated carbocycles. The van der Waals surface area contributed by atoms with Crippen molar-refractivity contribution in [2.75, 3.05) is 0 Å². The summed E-state index contributed by atoms with van der Waals surface area (Å²) in [6, 6.07) is 43.5. The fraction of sp³-hybridized carbons (Fsp3) is 0.0545. The van der Waals surface area contributed by atoms with Crippen LogP contribution in [0.1, 0.15) is 67.9 Å². The molecule has 0 radical (unpaired) electrons. The number of hydrogen-bond acceptors (Lipinski definition) is 12. The van der Waals surface area contributed by atoms with Crippen LogP contribution in [-0.2, 0) is 37.9 Å². The first-order valence-corrected chi connectivity index (χ1v) is 23.6. The van der Waals surface area contributed by atoms with Crippen LogP contribution in [0.5, 0.6) is 5.75 Å². The van der Waals surface area contributed by atoms with Crippen molar-refractivity contribution in [3.05, 3.63) is 205 Å². The number of allylic oxidation sites excluding steroid dienone is 2. The highest BCUT2D eigenvalue weighted by molar-refractivity contribution is 7.32. The molecule has 1 aliphatic heterocycles. The molecule has 0 fully saturated rings. The average molecular weight is 931 g/mol. The summed E-state index contributed by atoms with van der Waals surface area (Å²) < 4.78 is 20.0. The van der Waals surface area contributed by atoms with Crippen LogP contribution in [0.15, 0.2) is 157 Å². The zero-order valence-corrected chi connectivity index (χ0v) is 37.3. The van der Waals surface area contributed by atoms with Crippen molar-refractivity contribution in [1.82, 2.24) is 0 Å². The number of fused-ring (bicyclic) bond motifs is 9. The van der Waals surface area contributed by atoms with Crippen LogP contribution in [0.25, 0.3) is 52.9 Å². The van der Waals surface area contributed by atoms with Gasteiger partial charge in [0.15, 0.2) is 28.9 Å². The highest BCUT2D eigenvalue weighted by Crippen LogP contribution is 2.58. The van der Waals surface area contributed by atoms with Crippen LogP contribution in [0.4, 0.5) is 0 Å². The molecule has 12 rings (SSSR count). The van der Waals surface area contributed by atoms with Crippen molar-refractivity contribution in [3.63, 3.8) is 0 Å². The van der Waals surface area contributed by atoms with E-state index in [1.165, 1.54) is 40.1 Å². The van der Waals surface area contributed by atoms with Crippen LogP contribution in [0, 0.1) is 0 Å². The Morgan fingerprint density at radius 2 is 0.910 bits per heavy atom. The van der Waals surface area contributed by atoms with Crippen molar-refractivity contribution in [1.29, 1.82) is 0 Å². The lowest BCUT2D eigenvalue weighted by atomic mass is 9.90. The predicted molar refractivity (Wildman–Crippen MR) is 259 cm³/mol. The number of carbonyl (C=O) groups is 6. The summed E-state index contributed by atoms with van der Waals surface area (Å²) in [5, 5.41) is 3.35. The van der Waals surface area contributed by atoms with Gasteiger partial charge in [-0.15, -0.1) is 34.0 Å².